The van der Waals surface area contributed by atoms with Crippen LogP contribution in [-0.2, 0) is 24.3 Å². The monoisotopic (exact) mass is 452 g/mol. The molecule has 4 rings (SSSR count). The zero-order valence-electron chi connectivity index (χ0n) is 18.1. The maximum atomic E-state index is 13.1. The van der Waals surface area contributed by atoms with E-state index in [4.69, 9.17) is 0 Å². The first-order chi connectivity index (χ1) is 15.4. The fourth-order valence-corrected chi connectivity index (χ4v) is 4.51. The Bertz CT molecular complexity index is 1180. The fraction of sp³-hybridized carbons (Fsp3) is 0.292. The minimum Gasteiger partial charge on any atom is -0.315 e. The van der Waals surface area contributed by atoms with Gasteiger partial charge < -0.3 is 9.88 Å². The number of hydrogen-bond acceptors (Lipinski definition) is 5. The Morgan fingerprint density at radius 3 is 2.78 bits per heavy atom. The largest absolute Gasteiger partial charge is 0.315 e. The molecule has 1 aliphatic heterocycles. The molecule has 1 aromatic heterocycles. The molecule has 2 heterocycles. The van der Waals surface area contributed by atoms with Crippen LogP contribution in [0.3, 0.4) is 0 Å². The number of hydrogen-bond donors (Lipinski definition) is 1. The number of H-pyrrole nitrogens is 1. The van der Waals surface area contributed by atoms with Gasteiger partial charge in [-0.05, 0) is 42.3 Å². The first kappa shape index (κ1) is 22.2. The summed E-state index contributed by atoms with van der Waals surface area (Å²) in [5.41, 5.74) is 4.20. The van der Waals surface area contributed by atoms with Gasteiger partial charge in [-0.15, -0.1) is 0 Å². The van der Waals surface area contributed by atoms with E-state index in [1.807, 2.05) is 31.2 Å². The van der Waals surface area contributed by atoms with Crippen LogP contribution in [0.5, 0.6) is 0 Å². The van der Waals surface area contributed by atoms with Crippen LogP contribution in [0.15, 0.2) is 58.5 Å². The first-order valence-electron chi connectivity index (χ1n) is 10.4. The lowest BCUT2D eigenvalue weighted by Gasteiger charge is -2.27. The van der Waals surface area contributed by atoms with Crippen LogP contribution in [0.4, 0.5) is 10.1 Å². The lowest BCUT2D eigenvalue weighted by molar-refractivity contribution is -0.115. The summed E-state index contributed by atoms with van der Waals surface area (Å²) in [5.74, 6) is -0.138. The Morgan fingerprint density at radius 1 is 1.25 bits per heavy atom. The zero-order chi connectivity index (χ0) is 22.7. The smallest absolute Gasteiger partial charge is 0.256 e. The number of nitrogens with zero attached hydrogens (tertiary/aromatic N) is 3. The lowest BCUT2D eigenvalue weighted by atomic mass is 10.1. The quantitative estimate of drug-likeness (QED) is 0.458. The molecule has 0 bridgehead atoms. The standard InChI is InChI=1S/C24H25FN4O2S/c1-16-4-3-5-19(12-16)28(2)22(30)15-32-24-26-21-10-11-29(14-20(21)23(31)27-24)13-17-6-8-18(25)9-7-17/h3-9,12H,10-11,13-15H2,1-2H3,(H,26,27,31). The molecule has 6 nitrogen and oxygen atoms in total. The van der Waals surface area contributed by atoms with E-state index < -0.39 is 0 Å². The maximum absolute atomic E-state index is 13.1. The molecule has 32 heavy (non-hydrogen) atoms. The topological polar surface area (TPSA) is 69.3 Å². The van der Waals surface area contributed by atoms with Gasteiger partial charge in [0.1, 0.15) is 5.82 Å². The molecule has 2 aromatic carbocycles. The minimum absolute atomic E-state index is 0.0635. The fourth-order valence-electron chi connectivity index (χ4n) is 3.72. The second-order valence-corrected chi connectivity index (χ2v) is 8.93. The highest BCUT2D eigenvalue weighted by molar-refractivity contribution is 7.99. The Kier molecular flexibility index (Phi) is 6.72. The number of fused-ring (bicyclic) bond motifs is 1. The molecule has 0 saturated heterocycles. The summed E-state index contributed by atoms with van der Waals surface area (Å²) < 4.78 is 13.1. The molecular weight excluding hydrogens is 427 g/mol. The molecule has 0 spiro atoms. The number of halogens is 1. The molecule has 0 unspecified atom stereocenters. The Morgan fingerprint density at radius 2 is 2.03 bits per heavy atom. The van der Waals surface area contributed by atoms with Gasteiger partial charge in [0.2, 0.25) is 5.91 Å². The van der Waals surface area contributed by atoms with E-state index in [1.165, 1.54) is 23.9 Å². The molecule has 0 fully saturated rings. The number of thioether (sulfide) groups is 1. The number of carbonyl (C=O) groups excluding carboxylic acids is 1. The van der Waals surface area contributed by atoms with Crippen molar-refractivity contribution in [3.8, 4) is 0 Å². The number of carbonyl (C=O) groups is 1. The van der Waals surface area contributed by atoms with Crippen LogP contribution in [0.1, 0.15) is 22.4 Å². The van der Waals surface area contributed by atoms with Gasteiger partial charge in [-0.3, -0.25) is 14.5 Å². The van der Waals surface area contributed by atoms with Crippen molar-refractivity contribution >= 4 is 23.4 Å². The second-order valence-electron chi connectivity index (χ2n) is 7.96. The van der Waals surface area contributed by atoms with Crippen LogP contribution in [0.2, 0.25) is 0 Å². The van der Waals surface area contributed by atoms with Crippen molar-refractivity contribution < 1.29 is 9.18 Å². The summed E-state index contributed by atoms with van der Waals surface area (Å²) in [6.07, 6.45) is 0.658. The Balaban J connectivity index is 1.39. The molecule has 166 valence electrons. The van der Waals surface area contributed by atoms with Crippen LogP contribution in [-0.4, -0.2) is 40.1 Å². The number of anilines is 1. The average Bonchev–Trinajstić information content (AvgIpc) is 2.79. The van der Waals surface area contributed by atoms with Crippen molar-refractivity contribution in [2.75, 3.05) is 24.2 Å². The number of aromatic amines is 1. The molecule has 0 atom stereocenters. The number of nitrogens with one attached hydrogen (secondary N) is 1. The second kappa shape index (κ2) is 9.67. The lowest BCUT2D eigenvalue weighted by Crippen LogP contribution is -2.35. The van der Waals surface area contributed by atoms with Gasteiger partial charge in [0.25, 0.3) is 5.56 Å². The van der Waals surface area contributed by atoms with E-state index >= 15 is 0 Å². The van der Waals surface area contributed by atoms with Crippen molar-refractivity contribution in [1.82, 2.24) is 14.9 Å². The maximum Gasteiger partial charge on any atom is 0.256 e. The summed E-state index contributed by atoms with van der Waals surface area (Å²) in [6.45, 7) is 3.89. The summed E-state index contributed by atoms with van der Waals surface area (Å²) >= 11 is 1.24. The highest BCUT2D eigenvalue weighted by Crippen LogP contribution is 2.21. The molecule has 0 aliphatic carbocycles. The third-order valence-corrected chi connectivity index (χ3v) is 6.40. The van der Waals surface area contributed by atoms with Gasteiger partial charge in [0.15, 0.2) is 5.16 Å². The highest BCUT2D eigenvalue weighted by Gasteiger charge is 2.22. The van der Waals surface area contributed by atoms with Gasteiger partial charge in [-0.25, -0.2) is 9.37 Å². The molecule has 1 aliphatic rings. The van der Waals surface area contributed by atoms with Crippen LogP contribution >= 0.6 is 11.8 Å². The van der Waals surface area contributed by atoms with Gasteiger partial charge in [0, 0.05) is 38.8 Å². The molecule has 0 radical (unpaired) electrons. The Hall–Kier alpha value is -2.97. The summed E-state index contributed by atoms with van der Waals surface area (Å²) in [6, 6.07) is 14.2. The van der Waals surface area contributed by atoms with E-state index in [0.717, 1.165) is 29.1 Å². The average molecular weight is 453 g/mol. The summed E-state index contributed by atoms with van der Waals surface area (Å²) in [7, 11) is 1.75. The SMILES string of the molecule is Cc1cccc(N(C)C(=O)CSc2nc3c(c(=O)[nH]2)CN(Cc2ccc(F)cc2)CC3)c1. The number of amides is 1. The minimum atomic E-state index is -0.257. The van der Waals surface area contributed by atoms with Gasteiger partial charge >= 0.3 is 0 Å². The number of aryl methyl sites for hydroxylation is 1. The summed E-state index contributed by atoms with van der Waals surface area (Å²) in [4.78, 5) is 36.5. The molecule has 1 amide bonds. The van der Waals surface area contributed by atoms with Crippen LogP contribution < -0.4 is 10.5 Å². The van der Waals surface area contributed by atoms with Crippen LogP contribution in [0.25, 0.3) is 0 Å². The van der Waals surface area contributed by atoms with Gasteiger partial charge in [0.05, 0.1) is 17.0 Å². The predicted molar refractivity (Wildman–Crippen MR) is 124 cm³/mol. The van der Waals surface area contributed by atoms with Crippen molar-refractivity contribution in [1.29, 1.82) is 0 Å². The van der Waals surface area contributed by atoms with E-state index in [-0.39, 0.29) is 23.0 Å². The highest BCUT2D eigenvalue weighted by atomic mass is 32.2. The van der Waals surface area contributed by atoms with Gasteiger partial charge in [-0.1, -0.05) is 36.0 Å². The van der Waals surface area contributed by atoms with E-state index in [1.54, 1.807) is 24.1 Å². The molecule has 3 aromatic rings. The molecule has 8 heteroatoms. The summed E-state index contributed by atoms with van der Waals surface area (Å²) in [5, 5.41) is 0.465. The first-order valence-corrected chi connectivity index (χ1v) is 11.4. The van der Waals surface area contributed by atoms with Crippen molar-refractivity contribution in [2.24, 2.45) is 0 Å². The van der Waals surface area contributed by atoms with Crippen molar-refractivity contribution in [3.05, 3.63) is 87.1 Å². The number of benzene rings is 2. The molecular formula is C24H25FN4O2S. The predicted octanol–water partition coefficient (Wildman–Crippen LogP) is 3.53. The van der Waals surface area contributed by atoms with E-state index in [0.29, 0.717) is 30.2 Å². The third kappa shape index (κ3) is 5.26. The van der Waals surface area contributed by atoms with E-state index in [2.05, 4.69) is 14.9 Å². The Labute approximate surface area is 190 Å². The van der Waals surface area contributed by atoms with Crippen molar-refractivity contribution in [2.45, 2.75) is 31.6 Å². The van der Waals surface area contributed by atoms with Crippen LogP contribution in [0, 0.1) is 12.7 Å². The van der Waals surface area contributed by atoms with Gasteiger partial charge in [-0.2, -0.15) is 0 Å². The number of aromatic nitrogens is 2. The number of rotatable bonds is 6. The molecule has 0 saturated carbocycles. The zero-order valence-corrected chi connectivity index (χ0v) is 18.9. The molecule has 1 N–H and O–H groups in total. The van der Waals surface area contributed by atoms with Crippen molar-refractivity contribution in [3.63, 3.8) is 0 Å². The normalized spacial score (nSPS) is 13.6. The third-order valence-electron chi connectivity index (χ3n) is 5.54. The van der Waals surface area contributed by atoms with E-state index in [9.17, 15) is 14.0 Å².